The van der Waals surface area contributed by atoms with E-state index in [1.54, 1.807) is 11.3 Å². The average molecular weight is 333 g/mol. The number of hydrogen-bond acceptors (Lipinski definition) is 4. The van der Waals surface area contributed by atoms with Crippen molar-refractivity contribution in [2.24, 2.45) is 17.8 Å². The maximum Gasteiger partial charge on any atom is 0.341 e. The number of rotatable bonds is 4. The second-order valence-corrected chi connectivity index (χ2v) is 8.16. The molecule has 4 nitrogen and oxygen atoms in total. The largest absolute Gasteiger partial charge is 0.462 e. The summed E-state index contributed by atoms with van der Waals surface area (Å²) in [6.07, 6.45) is 7.74. The molecule has 5 heteroatoms. The first-order valence-electron chi connectivity index (χ1n) is 8.80. The minimum Gasteiger partial charge on any atom is -0.462 e. The highest BCUT2D eigenvalue weighted by Gasteiger charge is 2.43. The molecule has 2 saturated carbocycles. The average Bonchev–Trinajstić information content (AvgIpc) is 3.27. The molecular weight excluding hydrogens is 310 g/mol. The summed E-state index contributed by atoms with van der Waals surface area (Å²) in [5, 5.41) is 3.81. The van der Waals surface area contributed by atoms with Crippen LogP contribution in [0.3, 0.4) is 0 Å². The monoisotopic (exact) mass is 333 g/mol. The lowest BCUT2D eigenvalue weighted by atomic mass is 9.88. The van der Waals surface area contributed by atoms with Crippen LogP contribution in [0.4, 0.5) is 5.00 Å². The molecule has 3 atom stereocenters. The minimum absolute atomic E-state index is 0.114. The normalized spacial score (nSPS) is 28.0. The van der Waals surface area contributed by atoms with Gasteiger partial charge in [0, 0.05) is 10.8 Å². The quantitative estimate of drug-likeness (QED) is 0.853. The zero-order chi connectivity index (χ0) is 16.0. The van der Waals surface area contributed by atoms with Gasteiger partial charge < -0.3 is 10.1 Å². The van der Waals surface area contributed by atoms with Crippen molar-refractivity contribution in [3.8, 4) is 0 Å². The first-order valence-corrected chi connectivity index (χ1v) is 9.61. The van der Waals surface area contributed by atoms with Crippen molar-refractivity contribution < 1.29 is 14.3 Å². The number of fused-ring (bicyclic) bond motifs is 3. The Labute approximate surface area is 140 Å². The highest BCUT2D eigenvalue weighted by Crippen LogP contribution is 2.49. The highest BCUT2D eigenvalue weighted by molar-refractivity contribution is 7.17. The van der Waals surface area contributed by atoms with Crippen LogP contribution >= 0.6 is 11.3 Å². The van der Waals surface area contributed by atoms with Gasteiger partial charge in [-0.3, -0.25) is 4.79 Å². The number of nitrogens with one attached hydrogen (secondary N) is 1. The Balaban J connectivity index is 1.56. The van der Waals surface area contributed by atoms with E-state index < -0.39 is 0 Å². The third kappa shape index (κ3) is 2.59. The number of amides is 1. The van der Waals surface area contributed by atoms with Gasteiger partial charge in [-0.25, -0.2) is 4.79 Å². The summed E-state index contributed by atoms with van der Waals surface area (Å²) in [5.41, 5.74) is 1.73. The van der Waals surface area contributed by atoms with Gasteiger partial charge in [0.25, 0.3) is 0 Å². The minimum atomic E-state index is -0.282. The lowest BCUT2D eigenvalue weighted by molar-refractivity contribution is -0.121. The van der Waals surface area contributed by atoms with Crippen molar-refractivity contribution >= 4 is 28.2 Å². The Hall–Kier alpha value is -1.36. The molecule has 1 N–H and O–H groups in total. The van der Waals surface area contributed by atoms with Crippen LogP contribution in [0.5, 0.6) is 0 Å². The van der Waals surface area contributed by atoms with Crippen LogP contribution in [0.15, 0.2) is 0 Å². The van der Waals surface area contributed by atoms with E-state index in [1.807, 2.05) is 6.92 Å². The summed E-state index contributed by atoms with van der Waals surface area (Å²) in [7, 11) is 0. The van der Waals surface area contributed by atoms with Crippen LogP contribution in [0.1, 0.15) is 59.8 Å². The van der Waals surface area contributed by atoms with E-state index >= 15 is 0 Å². The predicted molar refractivity (Wildman–Crippen MR) is 89.9 cm³/mol. The molecule has 23 heavy (non-hydrogen) atoms. The van der Waals surface area contributed by atoms with Gasteiger partial charge in [-0.2, -0.15) is 0 Å². The lowest BCUT2D eigenvalue weighted by Gasteiger charge is -2.20. The van der Waals surface area contributed by atoms with E-state index in [1.165, 1.54) is 24.1 Å². The molecule has 0 saturated heterocycles. The molecule has 0 radical (unpaired) electrons. The van der Waals surface area contributed by atoms with Gasteiger partial charge in [-0.1, -0.05) is 6.42 Å². The fraction of sp³-hybridized carbons (Fsp3) is 0.667. The van der Waals surface area contributed by atoms with E-state index in [9.17, 15) is 9.59 Å². The third-order valence-corrected chi connectivity index (χ3v) is 6.92. The molecule has 4 rings (SSSR count). The van der Waals surface area contributed by atoms with Crippen molar-refractivity contribution in [1.82, 2.24) is 0 Å². The molecule has 0 aromatic carbocycles. The SMILES string of the molecule is CCOC(=O)c1c(NC(=O)[C@H]2C[C@H]3CC[C@@H]2C3)sc2c1CCC2. The van der Waals surface area contributed by atoms with Crippen molar-refractivity contribution in [2.45, 2.75) is 51.9 Å². The zero-order valence-corrected chi connectivity index (χ0v) is 14.3. The van der Waals surface area contributed by atoms with Gasteiger partial charge in [-0.15, -0.1) is 11.3 Å². The molecule has 1 amide bonds. The fourth-order valence-electron chi connectivity index (χ4n) is 4.68. The molecule has 2 bridgehead atoms. The topological polar surface area (TPSA) is 55.4 Å². The van der Waals surface area contributed by atoms with Gasteiger partial charge in [-0.05, 0) is 62.8 Å². The highest BCUT2D eigenvalue weighted by atomic mass is 32.1. The Morgan fingerprint density at radius 1 is 1.26 bits per heavy atom. The van der Waals surface area contributed by atoms with Crippen molar-refractivity contribution in [3.63, 3.8) is 0 Å². The maximum absolute atomic E-state index is 12.7. The molecule has 124 valence electrons. The predicted octanol–water partition coefficient (Wildman–Crippen LogP) is 3.79. The maximum atomic E-state index is 12.7. The number of anilines is 1. The Bertz CT molecular complexity index is 651. The van der Waals surface area contributed by atoms with Crippen LogP contribution < -0.4 is 5.32 Å². The standard InChI is InChI=1S/C18H23NO3S/c1-2-22-18(21)15-12-4-3-5-14(12)23-17(15)19-16(20)13-9-10-6-7-11(13)8-10/h10-11,13H,2-9H2,1H3,(H,19,20)/t10-,11+,13-/m0/s1. The molecular formula is C18H23NO3S. The summed E-state index contributed by atoms with van der Waals surface area (Å²) in [6, 6.07) is 0. The van der Waals surface area contributed by atoms with Crippen molar-refractivity contribution in [1.29, 1.82) is 0 Å². The molecule has 3 aliphatic rings. The Morgan fingerprint density at radius 3 is 2.83 bits per heavy atom. The van der Waals surface area contributed by atoms with E-state index in [0.29, 0.717) is 18.1 Å². The van der Waals surface area contributed by atoms with Crippen LogP contribution in [0, 0.1) is 17.8 Å². The Kier molecular flexibility index (Phi) is 3.92. The van der Waals surface area contributed by atoms with Gasteiger partial charge >= 0.3 is 5.97 Å². The molecule has 1 aromatic heterocycles. The molecule has 2 fully saturated rings. The first-order chi connectivity index (χ1) is 11.2. The van der Waals surface area contributed by atoms with Crippen LogP contribution in [0.2, 0.25) is 0 Å². The van der Waals surface area contributed by atoms with Crippen molar-refractivity contribution in [2.75, 3.05) is 11.9 Å². The van der Waals surface area contributed by atoms with Gasteiger partial charge in [0.05, 0.1) is 12.2 Å². The van der Waals surface area contributed by atoms with Gasteiger partial charge in [0.15, 0.2) is 0 Å². The van der Waals surface area contributed by atoms with E-state index in [4.69, 9.17) is 4.74 Å². The first kappa shape index (κ1) is 15.2. The summed E-state index contributed by atoms with van der Waals surface area (Å²) in [4.78, 5) is 26.3. The molecule has 0 aliphatic heterocycles. The van der Waals surface area contributed by atoms with Gasteiger partial charge in [0.1, 0.15) is 5.00 Å². The Morgan fingerprint density at radius 2 is 2.13 bits per heavy atom. The molecule has 1 aromatic rings. The summed E-state index contributed by atoms with van der Waals surface area (Å²) >= 11 is 1.58. The summed E-state index contributed by atoms with van der Waals surface area (Å²) in [6.45, 7) is 2.18. The smallest absolute Gasteiger partial charge is 0.341 e. The number of aryl methyl sites for hydroxylation is 1. The molecule has 0 spiro atoms. The lowest BCUT2D eigenvalue weighted by Crippen LogP contribution is -2.27. The molecule has 3 aliphatic carbocycles. The third-order valence-electron chi connectivity index (χ3n) is 5.71. The number of carbonyl (C=O) groups is 2. The fourth-order valence-corrected chi connectivity index (χ4v) is 5.96. The number of ether oxygens (including phenoxy) is 1. The second kappa shape index (κ2) is 5.93. The van der Waals surface area contributed by atoms with Crippen molar-refractivity contribution in [3.05, 3.63) is 16.0 Å². The second-order valence-electron chi connectivity index (χ2n) is 7.05. The van der Waals surface area contributed by atoms with E-state index in [0.717, 1.165) is 42.2 Å². The van der Waals surface area contributed by atoms with Crippen LogP contribution in [0.25, 0.3) is 0 Å². The van der Waals surface area contributed by atoms with Crippen LogP contribution in [-0.2, 0) is 22.4 Å². The summed E-state index contributed by atoms with van der Waals surface area (Å²) in [5.74, 6) is 1.27. The number of esters is 1. The zero-order valence-electron chi connectivity index (χ0n) is 13.5. The van der Waals surface area contributed by atoms with Crippen LogP contribution in [-0.4, -0.2) is 18.5 Å². The molecule has 0 unspecified atom stereocenters. The van der Waals surface area contributed by atoms with Gasteiger partial charge in [0.2, 0.25) is 5.91 Å². The number of hydrogen-bond donors (Lipinski definition) is 1. The number of carbonyl (C=O) groups excluding carboxylic acids is 2. The molecule has 1 heterocycles. The number of thiophene rings is 1. The summed E-state index contributed by atoms with van der Waals surface area (Å²) < 4.78 is 5.23. The van der Waals surface area contributed by atoms with E-state index in [2.05, 4.69) is 5.32 Å². The van der Waals surface area contributed by atoms with E-state index in [-0.39, 0.29) is 17.8 Å².